The molecule has 0 spiro atoms. The Balaban J connectivity index is 2.54. The van der Waals surface area contributed by atoms with Gasteiger partial charge in [-0.2, -0.15) is 0 Å². The maximum absolute atomic E-state index is 11.4. The van der Waals surface area contributed by atoms with Gasteiger partial charge in [-0.3, -0.25) is 14.5 Å². The molecule has 1 saturated heterocycles. The van der Waals surface area contributed by atoms with Crippen molar-refractivity contribution in [3.05, 3.63) is 0 Å². The maximum atomic E-state index is 11.4. The van der Waals surface area contributed by atoms with Crippen LogP contribution >= 0.6 is 0 Å². The topological polar surface area (TPSA) is 58.6 Å². The molecule has 1 fully saturated rings. The van der Waals surface area contributed by atoms with Gasteiger partial charge < -0.3 is 9.96 Å². The molecule has 0 aliphatic carbocycles. The Morgan fingerprint density at radius 1 is 1.69 bits per heavy atom. The third-order valence-electron chi connectivity index (χ3n) is 1.96. The predicted octanol–water partition coefficient (Wildman–Crippen LogP) is -1.57. The van der Waals surface area contributed by atoms with Crippen molar-refractivity contribution >= 4 is 19.8 Å². The maximum Gasteiger partial charge on any atom is 0.245 e. The Hall–Kier alpha value is -0.875. The number of ether oxygens (including phenoxy) is 1. The highest BCUT2D eigenvalue weighted by atomic mass is 16.5. The van der Waals surface area contributed by atoms with Crippen LogP contribution in [-0.4, -0.2) is 51.0 Å². The van der Waals surface area contributed by atoms with Gasteiger partial charge in [0.15, 0.2) is 7.98 Å². The van der Waals surface area contributed by atoms with E-state index in [4.69, 9.17) is 12.7 Å². The number of likely N-dealkylation sites (tertiary alicyclic amines) is 1. The SMILES string of the molecule is [B]NC1CC(=O)N(CCOC)C1=O. The van der Waals surface area contributed by atoms with Crippen molar-refractivity contribution in [2.75, 3.05) is 20.3 Å². The second-order valence-electron chi connectivity index (χ2n) is 2.80. The van der Waals surface area contributed by atoms with Gasteiger partial charge in [0.05, 0.1) is 25.6 Å². The molecule has 0 aromatic carbocycles. The number of carbonyl (C=O) groups excluding carboxylic acids is 2. The first-order valence-electron chi connectivity index (χ1n) is 4.00. The lowest BCUT2D eigenvalue weighted by Gasteiger charge is -2.13. The van der Waals surface area contributed by atoms with Crippen LogP contribution in [0.1, 0.15) is 6.42 Å². The van der Waals surface area contributed by atoms with E-state index in [-0.39, 0.29) is 18.2 Å². The zero-order chi connectivity index (χ0) is 9.84. The van der Waals surface area contributed by atoms with Gasteiger partial charge in [-0.1, -0.05) is 0 Å². The standard InChI is InChI=1S/C7H11BN2O3/c1-13-3-2-10-6(11)4-5(9-8)7(10)12/h5,9H,2-4H2,1H3. The molecule has 0 aromatic heterocycles. The minimum atomic E-state index is -0.565. The average molecular weight is 182 g/mol. The third-order valence-corrected chi connectivity index (χ3v) is 1.96. The van der Waals surface area contributed by atoms with Crippen molar-refractivity contribution in [3.63, 3.8) is 0 Å². The molecule has 2 radical (unpaired) electrons. The molecule has 1 aliphatic heterocycles. The van der Waals surface area contributed by atoms with E-state index in [1.807, 2.05) is 0 Å². The van der Waals surface area contributed by atoms with Crippen LogP contribution < -0.4 is 5.23 Å². The number of nitrogens with zero attached hydrogens (tertiary/aromatic N) is 1. The van der Waals surface area contributed by atoms with Crippen molar-refractivity contribution in [2.45, 2.75) is 12.5 Å². The Morgan fingerprint density at radius 3 is 2.85 bits per heavy atom. The van der Waals surface area contributed by atoms with Crippen LogP contribution in [0.3, 0.4) is 0 Å². The van der Waals surface area contributed by atoms with Gasteiger partial charge in [0.2, 0.25) is 11.8 Å². The van der Waals surface area contributed by atoms with E-state index in [0.29, 0.717) is 13.2 Å². The first-order chi connectivity index (χ1) is 6.20. The van der Waals surface area contributed by atoms with Gasteiger partial charge in [0, 0.05) is 7.11 Å². The molecule has 1 rings (SSSR count). The van der Waals surface area contributed by atoms with Gasteiger partial charge in [-0.05, 0) is 0 Å². The van der Waals surface area contributed by atoms with E-state index in [2.05, 4.69) is 5.23 Å². The monoisotopic (exact) mass is 182 g/mol. The fraction of sp³-hybridized carbons (Fsp3) is 0.714. The molecule has 1 heterocycles. The molecule has 0 bridgehead atoms. The van der Waals surface area contributed by atoms with E-state index in [1.54, 1.807) is 0 Å². The summed E-state index contributed by atoms with van der Waals surface area (Å²) in [5.41, 5.74) is 0. The lowest BCUT2D eigenvalue weighted by atomic mass is 10.2. The molecule has 0 aromatic rings. The highest BCUT2D eigenvalue weighted by Gasteiger charge is 2.36. The fourth-order valence-corrected chi connectivity index (χ4v) is 1.23. The summed E-state index contributed by atoms with van der Waals surface area (Å²) in [6.07, 6.45) is 0.138. The lowest BCUT2D eigenvalue weighted by Crippen LogP contribution is -2.39. The summed E-state index contributed by atoms with van der Waals surface area (Å²) in [5, 5.41) is 2.30. The molecule has 13 heavy (non-hydrogen) atoms. The smallest absolute Gasteiger partial charge is 0.245 e. The van der Waals surface area contributed by atoms with Crippen molar-refractivity contribution in [2.24, 2.45) is 0 Å². The number of amides is 2. The highest BCUT2D eigenvalue weighted by molar-refractivity contribution is 6.11. The predicted molar refractivity (Wildman–Crippen MR) is 45.9 cm³/mol. The minimum Gasteiger partial charge on any atom is -0.383 e. The summed E-state index contributed by atoms with van der Waals surface area (Å²) < 4.78 is 4.77. The molecule has 2 amide bonds. The van der Waals surface area contributed by atoms with Gasteiger partial charge in [-0.25, -0.2) is 0 Å². The van der Waals surface area contributed by atoms with Gasteiger partial charge in [0.25, 0.3) is 0 Å². The summed E-state index contributed by atoms with van der Waals surface area (Å²) in [5.74, 6) is -0.477. The molecule has 1 aliphatic rings. The highest BCUT2D eigenvalue weighted by Crippen LogP contribution is 2.11. The van der Waals surface area contributed by atoms with Crippen molar-refractivity contribution in [1.29, 1.82) is 0 Å². The van der Waals surface area contributed by atoms with Gasteiger partial charge in [0.1, 0.15) is 0 Å². The zero-order valence-electron chi connectivity index (χ0n) is 7.45. The molecule has 1 N–H and O–H groups in total. The van der Waals surface area contributed by atoms with E-state index < -0.39 is 6.04 Å². The number of nitrogens with one attached hydrogen (secondary N) is 1. The second kappa shape index (κ2) is 4.39. The van der Waals surface area contributed by atoms with E-state index >= 15 is 0 Å². The van der Waals surface area contributed by atoms with Crippen LogP contribution in [0.25, 0.3) is 0 Å². The van der Waals surface area contributed by atoms with E-state index in [1.165, 1.54) is 7.11 Å². The summed E-state index contributed by atoms with van der Waals surface area (Å²) in [4.78, 5) is 23.7. The van der Waals surface area contributed by atoms with Crippen LogP contribution in [0.15, 0.2) is 0 Å². The summed E-state index contributed by atoms with van der Waals surface area (Å²) >= 11 is 0. The summed E-state index contributed by atoms with van der Waals surface area (Å²) in [6.45, 7) is 0.654. The van der Waals surface area contributed by atoms with Crippen molar-refractivity contribution in [1.82, 2.24) is 10.1 Å². The molecular weight excluding hydrogens is 171 g/mol. The normalized spacial score (nSPS) is 22.8. The first kappa shape index (κ1) is 10.2. The zero-order valence-corrected chi connectivity index (χ0v) is 7.45. The molecular formula is C7H11BN2O3. The number of imide groups is 1. The van der Waals surface area contributed by atoms with Crippen LogP contribution in [0.4, 0.5) is 0 Å². The molecule has 1 unspecified atom stereocenters. The van der Waals surface area contributed by atoms with Crippen LogP contribution in [0.2, 0.25) is 0 Å². The van der Waals surface area contributed by atoms with Crippen LogP contribution in [-0.2, 0) is 14.3 Å². The Labute approximate surface area is 77.8 Å². The summed E-state index contributed by atoms with van der Waals surface area (Å²) in [6, 6.07) is -0.565. The second-order valence-corrected chi connectivity index (χ2v) is 2.80. The fourth-order valence-electron chi connectivity index (χ4n) is 1.23. The number of methoxy groups -OCH3 is 1. The molecule has 0 saturated carbocycles. The van der Waals surface area contributed by atoms with Gasteiger partial charge in [-0.15, -0.1) is 0 Å². The third kappa shape index (κ3) is 2.08. The van der Waals surface area contributed by atoms with Crippen LogP contribution in [0.5, 0.6) is 0 Å². The quantitative estimate of drug-likeness (QED) is 0.421. The Bertz CT molecular complexity index is 222. The number of carbonyl (C=O) groups is 2. The van der Waals surface area contributed by atoms with Gasteiger partial charge >= 0.3 is 0 Å². The number of hydrogen-bond donors (Lipinski definition) is 1. The molecule has 70 valence electrons. The van der Waals surface area contributed by atoms with Crippen molar-refractivity contribution < 1.29 is 14.3 Å². The lowest BCUT2D eigenvalue weighted by molar-refractivity contribution is -0.139. The average Bonchev–Trinajstić information content (AvgIpc) is 2.39. The summed E-state index contributed by atoms with van der Waals surface area (Å²) in [7, 11) is 6.61. The Kier molecular flexibility index (Phi) is 3.44. The van der Waals surface area contributed by atoms with E-state index in [9.17, 15) is 9.59 Å². The number of hydrogen-bond acceptors (Lipinski definition) is 4. The minimum absolute atomic E-state index is 0.138. The van der Waals surface area contributed by atoms with Crippen LogP contribution in [0, 0.1) is 0 Å². The van der Waals surface area contributed by atoms with Crippen molar-refractivity contribution in [3.8, 4) is 0 Å². The number of rotatable bonds is 4. The molecule has 5 nitrogen and oxygen atoms in total. The largest absolute Gasteiger partial charge is 0.383 e. The molecule has 1 atom stereocenters. The molecule has 6 heteroatoms. The van der Waals surface area contributed by atoms with E-state index in [0.717, 1.165) is 4.90 Å². The Morgan fingerprint density at radius 2 is 2.38 bits per heavy atom. The first-order valence-corrected chi connectivity index (χ1v) is 4.00.